The monoisotopic (exact) mass is 273 g/mol. The van der Waals surface area contributed by atoms with Crippen molar-refractivity contribution >= 4 is 0 Å². The van der Waals surface area contributed by atoms with E-state index in [1.54, 1.807) is 0 Å². The van der Waals surface area contributed by atoms with Gasteiger partial charge in [-0.25, -0.2) is 0 Å². The van der Waals surface area contributed by atoms with E-state index < -0.39 is 18.3 Å². The predicted octanol–water partition coefficient (Wildman–Crippen LogP) is 2.75. The number of aliphatic hydroxyl groups is 1. The summed E-state index contributed by atoms with van der Waals surface area (Å²) in [6.07, 6.45) is -1.15. The second-order valence-corrected chi connectivity index (χ2v) is 5.07. The quantitative estimate of drug-likeness (QED) is 0.830. The molecule has 0 aromatic heterocycles. The van der Waals surface area contributed by atoms with Crippen molar-refractivity contribution in [2.45, 2.75) is 37.4 Å². The van der Waals surface area contributed by atoms with Gasteiger partial charge in [-0.1, -0.05) is 30.7 Å². The van der Waals surface area contributed by atoms with Gasteiger partial charge in [0, 0.05) is 0 Å². The van der Waals surface area contributed by atoms with Crippen LogP contribution < -0.4 is 5.32 Å². The molecule has 0 radical (unpaired) electrons. The summed E-state index contributed by atoms with van der Waals surface area (Å²) in [6, 6.07) is 7.44. The normalized spacial score (nSPS) is 23.8. The lowest BCUT2D eigenvalue weighted by molar-refractivity contribution is -0.130. The lowest BCUT2D eigenvalue weighted by Crippen LogP contribution is -2.49. The Kier molecular flexibility index (Phi) is 4.16. The number of hydrogen-bond donors (Lipinski definition) is 2. The van der Waals surface area contributed by atoms with Crippen molar-refractivity contribution < 1.29 is 18.3 Å². The number of halogens is 3. The van der Waals surface area contributed by atoms with E-state index in [1.807, 2.05) is 24.3 Å². The number of aryl methyl sites for hydroxylation is 1. The van der Waals surface area contributed by atoms with Gasteiger partial charge in [-0.2, -0.15) is 13.2 Å². The second-order valence-electron chi connectivity index (χ2n) is 5.07. The maximum absolute atomic E-state index is 12.5. The fourth-order valence-electron chi connectivity index (χ4n) is 2.76. The van der Waals surface area contributed by atoms with E-state index in [-0.39, 0.29) is 6.61 Å². The Labute approximate surface area is 110 Å². The molecule has 2 nitrogen and oxygen atoms in total. The SMILES string of the molecule is OCC1(NCC(F)(F)F)CCCCc2ccccc21. The van der Waals surface area contributed by atoms with E-state index in [0.29, 0.717) is 6.42 Å². The molecule has 0 heterocycles. The number of rotatable bonds is 3. The minimum Gasteiger partial charge on any atom is -0.394 e. The predicted molar refractivity (Wildman–Crippen MR) is 66.8 cm³/mol. The molecule has 0 saturated carbocycles. The Morgan fingerprint density at radius 3 is 2.63 bits per heavy atom. The van der Waals surface area contributed by atoms with E-state index in [9.17, 15) is 18.3 Å². The smallest absolute Gasteiger partial charge is 0.394 e. The van der Waals surface area contributed by atoms with Crippen LogP contribution >= 0.6 is 0 Å². The molecule has 2 rings (SSSR count). The summed E-state index contributed by atoms with van der Waals surface area (Å²) in [4.78, 5) is 0. The topological polar surface area (TPSA) is 32.3 Å². The summed E-state index contributed by atoms with van der Waals surface area (Å²) in [5.74, 6) is 0. The highest BCUT2D eigenvalue weighted by Crippen LogP contribution is 2.34. The van der Waals surface area contributed by atoms with Crippen LogP contribution in [0, 0.1) is 0 Å². The fourth-order valence-corrected chi connectivity index (χ4v) is 2.76. The van der Waals surface area contributed by atoms with Crippen molar-refractivity contribution in [3.8, 4) is 0 Å². The molecule has 1 unspecified atom stereocenters. The van der Waals surface area contributed by atoms with Crippen LogP contribution in [0.4, 0.5) is 13.2 Å². The third-order valence-electron chi connectivity index (χ3n) is 3.73. The van der Waals surface area contributed by atoms with Gasteiger partial charge in [-0.3, -0.25) is 5.32 Å². The first kappa shape index (κ1) is 14.3. The van der Waals surface area contributed by atoms with Gasteiger partial charge in [0.2, 0.25) is 0 Å². The second kappa shape index (κ2) is 5.51. The molecule has 1 aliphatic carbocycles. The van der Waals surface area contributed by atoms with Crippen molar-refractivity contribution in [1.82, 2.24) is 5.32 Å². The zero-order chi connectivity index (χ0) is 13.9. The lowest BCUT2D eigenvalue weighted by atomic mass is 9.85. The third kappa shape index (κ3) is 3.28. The van der Waals surface area contributed by atoms with E-state index in [1.165, 1.54) is 0 Å². The van der Waals surface area contributed by atoms with Crippen LogP contribution in [-0.4, -0.2) is 24.4 Å². The van der Waals surface area contributed by atoms with Crippen LogP contribution in [0.3, 0.4) is 0 Å². The van der Waals surface area contributed by atoms with Crippen LogP contribution in [-0.2, 0) is 12.0 Å². The Bertz CT molecular complexity index is 433. The minimum atomic E-state index is -4.27. The first-order chi connectivity index (χ1) is 8.97. The summed E-state index contributed by atoms with van der Waals surface area (Å²) >= 11 is 0. The summed E-state index contributed by atoms with van der Waals surface area (Å²) in [5, 5.41) is 12.2. The average Bonchev–Trinajstić information content (AvgIpc) is 2.56. The highest BCUT2D eigenvalue weighted by molar-refractivity contribution is 5.35. The van der Waals surface area contributed by atoms with Gasteiger partial charge < -0.3 is 5.11 Å². The highest BCUT2D eigenvalue weighted by Gasteiger charge is 2.38. The van der Waals surface area contributed by atoms with Crippen LogP contribution in [0.25, 0.3) is 0 Å². The molecule has 1 aromatic carbocycles. The van der Waals surface area contributed by atoms with Gasteiger partial charge in [-0.15, -0.1) is 0 Å². The van der Waals surface area contributed by atoms with Crippen molar-refractivity contribution in [2.24, 2.45) is 0 Å². The molecule has 19 heavy (non-hydrogen) atoms. The lowest BCUT2D eigenvalue weighted by Gasteiger charge is -2.34. The molecule has 106 valence electrons. The molecule has 2 N–H and O–H groups in total. The largest absolute Gasteiger partial charge is 0.401 e. The summed E-state index contributed by atoms with van der Waals surface area (Å²) < 4.78 is 37.4. The number of alkyl halides is 3. The summed E-state index contributed by atoms with van der Waals surface area (Å²) in [5.41, 5.74) is 0.866. The zero-order valence-electron chi connectivity index (χ0n) is 10.6. The summed E-state index contributed by atoms with van der Waals surface area (Å²) in [7, 11) is 0. The number of nitrogens with one attached hydrogen (secondary N) is 1. The van der Waals surface area contributed by atoms with Gasteiger partial charge >= 0.3 is 6.18 Å². The minimum absolute atomic E-state index is 0.319. The Hall–Kier alpha value is -1.07. The van der Waals surface area contributed by atoms with Crippen molar-refractivity contribution in [3.63, 3.8) is 0 Å². The maximum atomic E-state index is 12.5. The van der Waals surface area contributed by atoms with Gasteiger partial charge in [0.15, 0.2) is 0 Å². The molecule has 0 aliphatic heterocycles. The maximum Gasteiger partial charge on any atom is 0.401 e. The first-order valence-corrected chi connectivity index (χ1v) is 6.48. The number of hydrogen-bond acceptors (Lipinski definition) is 2. The van der Waals surface area contributed by atoms with Gasteiger partial charge in [0.25, 0.3) is 0 Å². The molecule has 1 aromatic rings. The highest BCUT2D eigenvalue weighted by atomic mass is 19.4. The molecule has 0 amide bonds. The van der Waals surface area contributed by atoms with E-state index in [0.717, 1.165) is 30.4 Å². The Morgan fingerprint density at radius 1 is 1.21 bits per heavy atom. The fraction of sp³-hybridized carbons (Fsp3) is 0.571. The molecule has 1 aliphatic rings. The standard InChI is InChI=1S/C14H18F3NO/c15-14(16,17)9-18-13(10-19)8-4-3-6-11-5-1-2-7-12(11)13/h1-2,5,7,18-19H,3-4,6,8-10H2. The van der Waals surface area contributed by atoms with Crippen LogP contribution in [0.1, 0.15) is 30.4 Å². The van der Waals surface area contributed by atoms with Gasteiger partial charge in [0.05, 0.1) is 18.7 Å². The number of fused-ring (bicyclic) bond motifs is 1. The number of aliphatic hydroxyl groups excluding tert-OH is 1. The van der Waals surface area contributed by atoms with Gasteiger partial charge in [0.1, 0.15) is 0 Å². The first-order valence-electron chi connectivity index (χ1n) is 6.48. The molecule has 0 saturated heterocycles. The molecule has 1 atom stereocenters. The van der Waals surface area contributed by atoms with Crippen molar-refractivity contribution in [3.05, 3.63) is 35.4 Å². The molecular formula is C14H18F3NO. The molecular weight excluding hydrogens is 255 g/mol. The van der Waals surface area contributed by atoms with E-state index >= 15 is 0 Å². The van der Waals surface area contributed by atoms with Crippen LogP contribution in [0.2, 0.25) is 0 Å². The summed E-state index contributed by atoms with van der Waals surface area (Å²) in [6.45, 7) is -1.40. The average molecular weight is 273 g/mol. The molecule has 0 bridgehead atoms. The van der Waals surface area contributed by atoms with Gasteiger partial charge in [-0.05, 0) is 30.4 Å². The zero-order valence-corrected chi connectivity index (χ0v) is 10.6. The molecule has 0 spiro atoms. The van der Waals surface area contributed by atoms with Crippen molar-refractivity contribution in [1.29, 1.82) is 0 Å². The van der Waals surface area contributed by atoms with E-state index in [2.05, 4.69) is 5.32 Å². The molecule has 0 fully saturated rings. The number of benzene rings is 1. The molecule has 5 heteroatoms. The van der Waals surface area contributed by atoms with Crippen LogP contribution in [0.15, 0.2) is 24.3 Å². The Balaban J connectivity index is 2.32. The third-order valence-corrected chi connectivity index (χ3v) is 3.73. The van der Waals surface area contributed by atoms with Crippen molar-refractivity contribution in [2.75, 3.05) is 13.2 Å². The van der Waals surface area contributed by atoms with Crippen LogP contribution in [0.5, 0.6) is 0 Å². The van der Waals surface area contributed by atoms with E-state index in [4.69, 9.17) is 0 Å². The Morgan fingerprint density at radius 2 is 1.95 bits per heavy atom.